The number of pyridine rings is 1. The molecule has 2 N–H and O–H groups in total. The number of nitrogens with one attached hydrogen (secondary N) is 2. The lowest BCUT2D eigenvalue weighted by molar-refractivity contribution is -0.114. The van der Waals surface area contributed by atoms with Crippen LogP contribution in [-0.2, 0) is 4.79 Å². The van der Waals surface area contributed by atoms with Crippen molar-refractivity contribution in [3.8, 4) is 22.9 Å². The first-order valence-electron chi connectivity index (χ1n) is 9.40. The summed E-state index contributed by atoms with van der Waals surface area (Å²) in [5.74, 6) is -0.226. The van der Waals surface area contributed by atoms with Crippen molar-refractivity contribution in [2.45, 2.75) is 6.92 Å². The number of carbonyl (C=O) groups is 2. The number of rotatable bonds is 5. The van der Waals surface area contributed by atoms with Crippen LogP contribution < -0.4 is 10.6 Å². The fraction of sp³-hybridized carbons (Fsp3) is 0.0476. The molecule has 0 aliphatic carbocycles. The van der Waals surface area contributed by atoms with Gasteiger partial charge in [0.15, 0.2) is 16.5 Å². The second-order valence-corrected chi connectivity index (χ2v) is 7.62. The number of benzene rings is 1. The van der Waals surface area contributed by atoms with Gasteiger partial charge in [-0.25, -0.2) is 4.98 Å². The summed E-state index contributed by atoms with van der Waals surface area (Å²) in [5.41, 5.74) is 2.02. The van der Waals surface area contributed by atoms with Crippen molar-refractivity contribution in [2.75, 3.05) is 10.6 Å². The number of carbonyl (C=O) groups excluding carboxylic acids is 2. The highest BCUT2D eigenvalue weighted by atomic mass is 32.1. The van der Waals surface area contributed by atoms with Crippen LogP contribution >= 0.6 is 11.3 Å². The smallest absolute Gasteiger partial charge is 0.322 e. The Morgan fingerprint density at radius 3 is 2.59 bits per heavy atom. The molecule has 0 spiro atoms. The van der Waals surface area contributed by atoms with Gasteiger partial charge in [0.25, 0.3) is 11.8 Å². The van der Waals surface area contributed by atoms with Crippen molar-refractivity contribution in [3.63, 3.8) is 0 Å². The zero-order valence-electron chi connectivity index (χ0n) is 16.5. The predicted octanol–water partition coefficient (Wildman–Crippen LogP) is 4.21. The van der Waals surface area contributed by atoms with Crippen LogP contribution in [-0.4, -0.2) is 32.0 Å². The van der Waals surface area contributed by atoms with Gasteiger partial charge in [-0.1, -0.05) is 46.8 Å². The Labute approximate surface area is 184 Å². The van der Waals surface area contributed by atoms with Crippen LogP contribution in [0.3, 0.4) is 0 Å². The quantitative estimate of drug-likeness (QED) is 0.410. The van der Waals surface area contributed by atoms with Crippen LogP contribution in [0.25, 0.3) is 33.3 Å². The van der Waals surface area contributed by atoms with E-state index < -0.39 is 5.91 Å². The van der Waals surface area contributed by atoms with E-state index in [1.54, 1.807) is 18.2 Å². The second-order valence-electron chi connectivity index (χ2n) is 6.62. The van der Waals surface area contributed by atoms with Crippen LogP contribution in [0, 0.1) is 0 Å². The first-order chi connectivity index (χ1) is 15.6. The third kappa shape index (κ3) is 3.84. The van der Waals surface area contributed by atoms with Gasteiger partial charge < -0.3 is 14.2 Å². The van der Waals surface area contributed by atoms with E-state index >= 15 is 0 Å². The van der Waals surface area contributed by atoms with Crippen molar-refractivity contribution in [1.29, 1.82) is 0 Å². The number of fused-ring (bicyclic) bond motifs is 1. The van der Waals surface area contributed by atoms with Crippen molar-refractivity contribution >= 4 is 44.6 Å². The first kappa shape index (κ1) is 19.6. The molecule has 32 heavy (non-hydrogen) atoms. The molecule has 158 valence electrons. The number of hydrogen-bond donors (Lipinski definition) is 2. The minimum atomic E-state index is -0.484. The monoisotopic (exact) mass is 446 g/mol. The predicted molar refractivity (Wildman–Crippen MR) is 117 cm³/mol. The number of furan rings is 1. The van der Waals surface area contributed by atoms with E-state index in [4.69, 9.17) is 8.83 Å². The van der Waals surface area contributed by atoms with E-state index in [-0.39, 0.29) is 17.8 Å². The maximum atomic E-state index is 13.1. The molecule has 0 unspecified atom stereocenters. The molecular formula is C21H14N6O4S. The van der Waals surface area contributed by atoms with Crippen molar-refractivity contribution < 1.29 is 18.4 Å². The maximum absolute atomic E-state index is 13.1. The van der Waals surface area contributed by atoms with E-state index in [0.29, 0.717) is 32.5 Å². The number of aromatic nitrogens is 4. The lowest BCUT2D eigenvalue weighted by atomic mass is 10.1. The van der Waals surface area contributed by atoms with Crippen LogP contribution in [0.2, 0.25) is 0 Å². The van der Waals surface area contributed by atoms with Gasteiger partial charge in [-0.2, -0.15) is 4.98 Å². The summed E-state index contributed by atoms with van der Waals surface area (Å²) < 4.78 is 11.2. The van der Waals surface area contributed by atoms with E-state index in [0.717, 1.165) is 16.9 Å². The SMILES string of the molecule is CC(=O)Nc1nc2nc(-c3ccccc3)cc(C(=O)Nc3nnc(-c4ccco4)o3)c2s1. The third-order valence-electron chi connectivity index (χ3n) is 4.34. The average molecular weight is 446 g/mol. The largest absolute Gasteiger partial charge is 0.459 e. The Hall–Kier alpha value is -4.38. The Morgan fingerprint density at radius 1 is 1.00 bits per heavy atom. The maximum Gasteiger partial charge on any atom is 0.322 e. The zero-order valence-corrected chi connectivity index (χ0v) is 17.3. The topological polar surface area (TPSA) is 136 Å². The fourth-order valence-corrected chi connectivity index (χ4v) is 3.94. The highest BCUT2D eigenvalue weighted by Gasteiger charge is 2.21. The molecule has 0 radical (unpaired) electrons. The molecule has 11 heteroatoms. The molecule has 0 fully saturated rings. The highest BCUT2D eigenvalue weighted by molar-refractivity contribution is 7.22. The van der Waals surface area contributed by atoms with Gasteiger partial charge >= 0.3 is 6.01 Å². The van der Waals surface area contributed by atoms with Gasteiger partial charge in [0.1, 0.15) is 0 Å². The molecule has 0 aliphatic rings. The van der Waals surface area contributed by atoms with E-state index in [2.05, 4.69) is 30.8 Å². The van der Waals surface area contributed by atoms with Gasteiger partial charge in [0, 0.05) is 12.5 Å². The van der Waals surface area contributed by atoms with Gasteiger partial charge in [0.2, 0.25) is 5.91 Å². The van der Waals surface area contributed by atoms with Gasteiger partial charge in [-0.05, 0) is 18.2 Å². The summed E-state index contributed by atoms with van der Waals surface area (Å²) in [5, 5.41) is 13.3. The number of amides is 2. The van der Waals surface area contributed by atoms with Crippen LogP contribution in [0.5, 0.6) is 0 Å². The molecule has 5 aromatic rings. The zero-order chi connectivity index (χ0) is 22.1. The van der Waals surface area contributed by atoms with E-state index in [1.165, 1.54) is 13.2 Å². The minimum absolute atomic E-state index is 0.0841. The molecule has 4 heterocycles. The van der Waals surface area contributed by atoms with Crippen LogP contribution in [0.1, 0.15) is 17.3 Å². The van der Waals surface area contributed by atoms with Crippen molar-refractivity contribution in [2.24, 2.45) is 0 Å². The molecule has 0 bridgehead atoms. The lowest BCUT2D eigenvalue weighted by Gasteiger charge is -2.06. The summed E-state index contributed by atoms with van der Waals surface area (Å²) in [7, 11) is 0. The fourth-order valence-electron chi connectivity index (χ4n) is 2.98. The Bertz CT molecular complexity index is 1430. The number of nitrogens with zero attached hydrogens (tertiary/aromatic N) is 4. The summed E-state index contributed by atoms with van der Waals surface area (Å²) >= 11 is 1.15. The molecule has 5 rings (SSSR count). The van der Waals surface area contributed by atoms with Crippen molar-refractivity contribution in [3.05, 3.63) is 60.4 Å². The summed E-state index contributed by atoms with van der Waals surface area (Å²) in [6.45, 7) is 1.38. The summed E-state index contributed by atoms with van der Waals surface area (Å²) in [6, 6.07) is 14.3. The number of thiazole rings is 1. The molecule has 4 aromatic heterocycles. The number of anilines is 2. The highest BCUT2D eigenvalue weighted by Crippen LogP contribution is 2.32. The van der Waals surface area contributed by atoms with Crippen molar-refractivity contribution in [1.82, 2.24) is 20.2 Å². The molecule has 0 aliphatic heterocycles. The lowest BCUT2D eigenvalue weighted by Crippen LogP contribution is -2.13. The molecule has 0 saturated carbocycles. The van der Waals surface area contributed by atoms with Gasteiger partial charge in [-0.15, -0.1) is 5.10 Å². The Morgan fingerprint density at radius 2 is 1.84 bits per heavy atom. The number of hydrogen-bond acceptors (Lipinski definition) is 9. The normalized spacial score (nSPS) is 10.9. The Balaban J connectivity index is 1.54. The van der Waals surface area contributed by atoms with Crippen LogP contribution in [0.4, 0.5) is 11.1 Å². The summed E-state index contributed by atoms with van der Waals surface area (Å²) in [4.78, 5) is 33.5. The molecular weight excluding hydrogens is 432 g/mol. The standard InChI is InChI=1S/C21H14N6O4S/c1-11(28)22-21-24-17-16(32-21)13(10-14(23-17)12-6-3-2-4-7-12)18(29)25-20-27-26-19(31-20)15-8-5-9-30-15/h2-10H,1H3,(H,25,27,29)(H,22,23,24,28). The van der Waals surface area contributed by atoms with Crippen LogP contribution in [0.15, 0.2) is 63.6 Å². The summed E-state index contributed by atoms with van der Waals surface area (Å²) in [6.07, 6.45) is 1.48. The van der Waals surface area contributed by atoms with E-state index in [1.807, 2.05) is 30.3 Å². The first-order valence-corrected chi connectivity index (χ1v) is 10.2. The average Bonchev–Trinajstić information content (AvgIpc) is 3.53. The molecule has 1 aromatic carbocycles. The molecule has 2 amide bonds. The Kier molecular flexibility index (Phi) is 4.92. The second kappa shape index (κ2) is 8.04. The third-order valence-corrected chi connectivity index (χ3v) is 5.33. The van der Waals surface area contributed by atoms with Gasteiger partial charge in [0.05, 0.1) is 22.2 Å². The van der Waals surface area contributed by atoms with Gasteiger partial charge in [-0.3, -0.25) is 14.9 Å². The minimum Gasteiger partial charge on any atom is -0.459 e. The molecule has 0 atom stereocenters. The van der Waals surface area contributed by atoms with E-state index in [9.17, 15) is 9.59 Å². The molecule has 10 nitrogen and oxygen atoms in total. The molecule has 0 saturated heterocycles.